The lowest BCUT2D eigenvalue weighted by atomic mass is 9.76. The van der Waals surface area contributed by atoms with E-state index in [1.54, 1.807) is 6.92 Å². The van der Waals surface area contributed by atoms with Gasteiger partial charge >= 0.3 is 12.1 Å². The van der Waals surface area contributed by atoms with E-state index in [2.05, 4.69) is 0 Å². The van der Waals surface area contributed by atoms with E-state index < -0.39 is 24.0 Å². The maximum Gasteiger partial charge on any atom is 0.389 e. The minimum atomic E-state index is -4.29. The molecule has 0 rings (SSSR count). The zero-order valence-corrected chi connectivity index (χ0v) is 11.1. The quantitative estimate of drug-likeness (QED) is 0.723. The number of esters is 1. The molecular formula is C12H22F3NO2. The van der Waals surface area contributed by atoms with Crippen molar-refractivity contribution in [2.24, 2.45) is 17.1 Å². The van der Waals surface area contributed by atoms with E-state index in [1.165, 1.54) is 0 Å². The molecule has 0 saturated heterocycles. The highest BCUT2D eigenvalue weighted by atomic mass is 19.4. The summed E-state index contributed by atoms with van der Waals surface area (Å²) in [5.74, 6) is -0.545. The van der Waals surface area contributed by atoms with Crippen molar-refractivity contribution in [1.29, 1.82) is 0 Å². The van der Waals surface area contributed by atoms with E-state index in [1.807, 2.05) is 13.8 Å². The van der Waals surface area contributed by atoms with Crippen molar-refractivity contribution in [2.75, 3.05) is 13.2 Å². The van der Waals surface area contributed by atoms with Crippen LogP contribution in [0.1, 0.15) is 40.0 Å². The molecular weight excluding hydrogens is 247 g/mol. The molecule has 0 heterocycles. The van der Waals surface area contributed by atoms with Crippen LogP contribution < -0.4 is 5.73 Å². The van der Waals surface area contributed by atoms with Gasteiger partial charge in [-0.25, -0.2) is 0 Å². The fourth-order valence-corrected chi connectivity index (χ4v) is 2.00. The molecule has 1 atom stereocenters. The number of carbonyl (C=O) groups excluding carboxylic acids is 1. The summed E-state index contributed by atoms with van der Waals surface area (Å²) in [5, 5.41) is 0. The van der Waals surface area contributed by atoms with Gasteiger partial charge in [0.2, 0.25) is 0 Å². The molecule has 0 fully saturated rings. The molecule has 0 aromatic heterocycles. The SMILES string of the molecule is CCOC(=O)C(CN)(CCC(F)(F)F)CC(C)C. The Bertz CT molecular complexity index is 267. The number of hydrogen-bond donors (Lipinski definition) is 1. The van der Waals surface area contributed by atoms with E-state index in [0.29, 0.717) is 6.42 Å². The molecule has 0 bridgehead atoms. The Morgan fingerprint density at radius 2 is 1.83 bits per heavy atom. The van der Waals surface area contributed by atoms with Crippen LogP contribution in [0.2, 0.25) is 0 Å². The molecule has 0 saturated carbocycles. The van der Waals surface area contributed by atoms with Crippen molar-refractivity contribution in [1.82, 2.24) is 0 Å². The molecule has 108 valence electrons. The molecule has 0 aliphatic rings. The van der Waals surface area contributed by atoms with Crippen LogP contribution in [0.15, 0.2) is 0 Å². The third-order valence-corrected chi connectivity index (χ3v) is 2.79. The van der Waals surface area contributed by atoms with Crippen LogP contribution in [-0.4, -0.2) is 25.3 Å². The summed E-state index contributed by atoms with van der Waals surface area (Å²) < 4.78 is 41.8. The van der Waals surface area contributed by atoms with Crippen LogP contribution in [-0.2, 0) is 9.53 Å². The summed E-state index contributed by atoms with van der Waals surface area (Å²) in [5.41, 5.74) is 4.33. The number of rotatable bonds is 7. The lowest BCUT2D eigenvalue weighted by Gasteiger charge is -2.32. The highest BCUT2D eigenvalue weighted by Gasteiger charge is 2.42. The highest BCUT2D eigenvalue weighted by Crippen LogP contribution is 2.36. The topological polar surface area (TPSA) is 52.3 Å². The van der Waals surface area contributed by atoms with Gasteiger partial charge in [-0.15, -0.1) is 0 Å². The zero-order valence-electron chi connectivity index (χ0n) is 11.1. The van der Waals surface area contributed by atoms with Gasteiger partial charge in [-0.1, -0.05) is 13.8 Å². The van der Waals surface area contributed by atoms with Crippen molar-refractivity contribution in [3.8, 4) is 0 Å². The van der Waals surface area contributed by atoms with Crippen molar-refractivity contribution in [3.05, 3.63) is 0 Å². The lowest BCUT2D eigenvalue weighted by Crippen LogP contribution is -2.42. The summed E-state index contributed by atoms with van der Waals surface area (Å²) in [6.45, 7) is 5.33. The van der Waals surface area contributed by atoms with Gasteiger partial charge in [0, 0.05) is 13.0 Å². The summed E-state index contributed by atoms with van der Waals surface area (Å²) in [6.07, 6.45) is -5.32. The molecule has 3 nitrogen and oxygen atoms in total. The number of hydrogen-bond acceptors (Lipinski definition) is 3. The summed E-state index contributed by atoms with van der Waals surface area (Å²) in [6, 6.07) is 0. The van der Waals surface area contributed by atoms with Crippen LogP contribution in [0.4, 0.5) is 13.2 Å². The van der Waals surface area contributed by atoms with E-state index >= 15 is 0 Å². The third kappa shape index (κ3) is 5.71. The zero-order chi connectivity index (χ0) is 14.4. The smallest absolute Gasteiger partial charge is 0.389 e. The van der Waals surface area contributed by atoms with Gasteiger partial charge < -0.3 is 10.5 Å². The molecule has 0 aromatic rings. The van der Waals surface area contributed by atoms with Crippen LogP contribution in [0.25, 0.3) is 0 Å². The van der Waals surface area contributed by atoms with Crippen molar-refractivity contribution in [3.63, 3.8) is 0 Å². The largest absolute Gasteiger partial charge is 0.466 e. The first-order chi connectivity index (χ1) is 8.17. The Morgan fingerprint density at radius 3 is 2.17 bits per heavy atom. The van der Waals surface area contributed by atoms with Gasteiger partial charge in [-0.05, 0) is 25.7 Å². The minimum absolute atomic E-state index is 0.0752. The molecule has 2 N–H and O–H groups in total. The normalized spacial score (nSPS) is 15.6. The Balaban J connectivity index is 4.92. The van der Waals surface area contributed by atoms with Crippen LogP contribution in [0.5, 0.6) is 0 Å². The van der Waals surface area contributed by atoms with Gasteiger partial charge in [0.05, 0.1) is 12.0 Å². The van der Waals surface area contributed by atoms with E-state index in [0.717, 1.165) is 0 Å². The Kier molecular flexibility index (Phi) is 6.67. The molecule has 0 aliphatic carbocycles. The highest BCUT2D eigenvalue weighted by molar-refractivity contribution is 5.77. The molecule has 1 unspecified atom stereocenters. The van der Waals surface area contributed by atoms with E-state index in [4.69, 9.17) is 10.5 Å². The second-order valence-corrected chi connectivity index (χ2v) is 4.92. The number of carbonyl (C=O) groups is 1. The monoisotopic (exact) mass is 269 g/mol. The lowest BCUT2D eigenvalue weighted by molar-refractivity contribution is -0.163. The first-order valence-corrected chi connectivity index (χ1v) is 6.11. The first kappa shape index (κ1) is 17.2. The maximum atomic E-state index is 12.3. The Labute approximate surface area is 106 Å². The van der Waals surface area contributed by atoms with Crippen LogP contribution >= 0.6 is 0 Å². The molecule has 0 radical (unpaired) electrons. The van der Waals surface area contributed by atoms with Gasteiger partial charge in [0.25, 0.3) is 0 Å². The number of ether oxygens (including phenoxy) is 1. The average molecular weight is 269 g/mol. The van der Waals surface area contributed by atoms with Crippen molar-refractivity contribution in [2.45, 2.75) is 46.2 Å². The van der Waals surface area contributed by atoms with Crippen molar-refractivity contribution < 1.29 is 22.7 Å². The molecule has 0 amide bonds. The van der Waals surface area contributed by atoms with Gasteiger partial charge in [-0.3, -0.25) is 4.79 Å². The second kappa shape index (κ2) is 6.97. The van der Waals surface area contributed by atoms with E-state index in [-0.39, 0.29) is 25.5 Å². The number of nitrogens with two attached hydrogens (primary N) is 1. The summed E-state index contributed by atoms with van der Waals surface area (Å²) >= 11 is 0. The Hall–Kier alpha value is -0.780. The molecule has 0 spiro atoms. The first-order valence-electron chi connectivity index (χ1n) is 6.11. The third-order valence-electron chi connectivity index (χ3n) is 2.79. The minimum Gasteiger partial charge on any atom is -0.466 e. The summed E-state index contributed by atoms with van der Waals surface area (Å²) in [7, 11) is 0. The molecule has 6 heteroatoms. The average Bonchev–Trinajstić information content (AvgIpc) is 2.23. The number of alkyl halides is 3. The second-order valence-electron chi connectivity index (χ2n) is 4.92. The van der Waals surface area contributed by atoms with Gasteiger partial charge in [0.1, 0.15) is 0 Å². The summed E-state index contributed by atoms with van der Waals surface area (Å²) in [4.78, 5) is 11.9. The number of halogens is 3. The van der Waals surface area contributed by atoms with E-state index in [9.17, 15) is 18.0 Å². The fourth-order valence-electron chi connectivity index (χ4n) is 2.00. The van der Waals surface area contributed by atoms with Gasteiger partial charge in [-0.2, -0.15) is 13.2 Å². The Morgan fingerprint density at radius 1 is 1.28 bits per heavy atom. The fraction of sp³-hybridized carbons (Fsp3) is 0.917. The van der Waals surface area contributed by atoms with Gasteiger partial charge in [0.15, 0.2) is 0 Å². The standard InChI is InChI=1S/C12H22F3NO2/c1-4-18-10(17)11(8-16,7-9(2)3)5-6-12(13,14)15/h9H,4-8,16H2,1-3H3. The molecule has 0 aromatic carbocycles. The van der Waals surface area contributed by atoms with Crippen LogP contribution in [0.3, 0.4) is 0 Å². The molecule has 18 heavy (non-hydrogen) atoms. The maximum absolute atomic E-state index is 12.3. The molecule has 0 aliphatic heterocycles. The van der Waals surface area contributed by atoms with Crippen LogP contribution in [0, 0.1) is 11.3 Å². The predicted molar refractivity (Wildman–Crippen MR) is 62.9 cm³/mol. The van der Waals surface area contributed by atoms with Crippen molar-refractivity contribution >= 4 is 5.97 Å². The predicted octanol–water partition coefficient (Wildman–Crippen LogP) is 2.88.